The molecule has 0 aliphatic rings. The van der Waals surface area contributed by atoms with E-state index in [4.69, 9.17) is 9.47 Å². The van der Waals surface area contributed by atoms with Gasteiger partial charge in [0.25, 0.3) is 0 Å². The van der Waals surface area contributed by atoms with Gasteiger partial charge in [-0.3, -0.25) is 0 Å². The second-order valence-corrected chi connectivity index (χ2v) is 7.40. The fourth-order valence-electron chi connectivity index (χ4n) is 2.64. The van der Waals surface area contributed by atoms with Crippen molar-refractivity contribution in [1.82, 2.24) is 4.72 Å². The molecular weight excluding hydrogens is 326 g/mol. The van der Waals surface area contributed by atoms with Crippen LogP contribution in [0.3, 0.4) is 0 Å². The predicted molar refractivity (Wildman–Crippen MR) is 94.2 cm³/mol. The SMILES string of the molecule is COc1ccc(OC)c([C@H](C)NS(=O)(=O)c2ccc(C)cc2C)c1. The molecule has 0 amide bonds. The lowest BCUT2D eigenvalue weighted by molar-refractivity contribution is 0.395. The maximum Gasteiger partial charge on any atom is 0.241 e. The normalized spacial score (nSPS) is 12.7. The van der Waals surface area contributed by atoms with E-state index in [-0.39, 0.29) is 4.90 Å². The number of ether oxygens (including phenoxy) is 2. The highest BCUT2D eigenvalue weighted by atomic mass is 32.2. The summed E-state index contributed by atoms with van der Waals surface area (Å²) in [6.45, 7) is 5.50. The second kappa shape index (κ2) is 7.23. The second-order valence-electron chi connectivity index (χ2n) is 5.72. The molecule has 6 heteroatoms. The Labute approximate surface area is 143 Å². The fourth-order valence-corrected chi connectivity index (χ4v) is 4.09. The summed E-state index contributed by atoms with van der Waals surface area (Å²) in [6.07, 6.45) is 0. The Balaban J connectivity index is 2.36. The van der Waals surface area contributed by atoms with Gasteiger partial charge in [0.15, 0.2) is 0 Å². The maximum absolute atomic E-state index is 12.7. The maximum atomic E-state index is 12.7. The van der Waals surface area contributed by atoms with E-state index in [0.29, 0.717) is 22.6 Å². The van der Waals surface area contributed by atoms with Gasteiger partial charge in [0.05, 0.1) is 19.1 Å². The molecule has 0 radical (unpaired) electrons. The van der Waals surface area contributed by atoms with Gasteiger partial charge in [0, 0.05) is 11.6 Å². The Kier molecular flexibility index (Phi) is 5.51. The molecule has 2 aromatic rings. The van der Waals surface area contributed by atoms with Crippen LogP contribution in [0, 0.1) is 13.8 Å². The van der Waals surface area contributed by atoms with Crippen LogP contribution in [0.2, 0.25) is 0 Å². The minimum atomic E-state index is -3.65. The Hall–Kier alpha value is -2.05. The zero-order valence-electron chi connectivity index (χ0n) is 14.6. The Bertz CT molecular complexity index is 831. The van der Waals surface area contributed by atoms with Crippen LogP contribution in [0.1, 0.15) is 29.7 Å². The van der Waals surface area contributed by atoms with Crippen LogP contribution in [0.4, 0.5) is 0 Å². The Morgan fingerprint density at radius 3 is 2.29 bits per heavy atom. The van der Waals surface area contributed by atoms with E-state index in [9.17, 15) is 8.42 Å². The molecule has 0 saturated heterocycles. The molecule has 0 heterocycles. The molecular formula is C18H23NO4S. The minimum absolute atomic E-state index is 0.279. The van der Waals surface area contributed by atoms with Crippen molar-refractivity contribution < 1.29 is 17.9 Å². The number of nitrogens with one attached hydrogen (secondary N) is 1. The first kappa shape index (κ1) is 18.3. The van der Waals surface area contributed by atoms with Gasteiger partial charge in [-0.25, -0.2) is 13.1 Å². The van der Waals surface area contributed by atoms with Crippen LogP contribution < -0.4 is 14.2 Å². The van der Waals surface area contributed by atoms with Crippen LogP contribution >= 0.6 is 0 Å². The summed E-state index contributed by atoms with van der Waals surface area (Å²) in [4.78, 5) is 0.279. The van der Waals surface area contributed by atoms with E-state index in [2.05, 4.69) is 4.72 Å². The number of hydrogen-bond acceptors (Lipinski definition) is 4. The van der Waals surface area contributed by atoms with E-state index in [1.165, 1.54) is 0 Å². The topological polar surface area (TPSA) is 64.6 Å². The predicted octanol–water partition coefficient (Wildman–Crippen LogP) is 3.36. The first-order valence-electron chi connectivity index (χ1n) is 7.60. The molecule has 1 N–H and O–H groups in total. The van der Waals surface area contributed by atoms with Gasteiger partial charge in [-0.2, -0.15) is 0 Å². The molecule has 24 heavy (non-hydrogen) atoms. The smallest absolute Gasteiger partial charge is 0.241 e. The number of sulfonamides is 1. The Morgan fingerprint density at radius 1 is 1.00 bits per heavy atom. The van der Waals surface area contributed by atoms with Crippen molar-refractivity contribution in [2.75, 3.05) is 14.2 Å². The summed E-state index contributed by atoms with van der Waals surface area (Å²) in [5.41, 5.74) is 2.45. The molecule has 2 aromatic carbocycles. The fraction of sp³-hybridized carbons (Fsp3) is 0.333. The summed E-state index contributed by atoms with van der Waals surface area (Å²) in [6, 6.07) is 10.1. The van der Waals surface area contributed by atoms with Crippen molar-refractivity contribution in [2.24, 2.45) is 0 Å². The highest BCUT2D eigenvalue weighted by Gasteiger charge is 2.22. The van der Waals surface area contributed by atoms with Crippen LogP contribution in [-0.4, -0.2) is 22.6 Å². The van der Waals surface area contributed by atoms with Gasteiger partial charge >= 0.3 is 0 Å². The van der Waals surface area contributed by atoms with Crippen molar-refractivity contribution in [3.05, 3.63) is 53.1 Å². The van der Waals surface area contributed by atoms with Crippen LogP contribution in [0.15, 0.2) is 41.3 Å². The Morgan fingerprint density at radius 2 is 1.71 bits per heavy atom. The number of methoxy groups -OCH3 is 2. The lowest BCUT2D eigenvalue weighted by Crippen LogP contribution is -2.27. The van der Waals surface area contributed by atoms with Gasteiger partial charge in [-0.15, -0.1) is 0 Å². The third-order valence-corrected chi connectivity index (χ3v) is 5.56. The monoisotopic (exact) mass is 349 g/mol. The molecule has 1 atom stereocenters. The minimum Gasteiger partial charge on any atom is -0.497 e. The number of aryl methyl sites for hydroxylation is 2. The largest absolute Gasteiger partial charge is 0.497 e. The molecule has 2 rings (SSSR count). The summed E-state index contributed by atoms with van der Waals surface area (Å²) >= 11 is 0. The molecule has 5 nitrogen and oxygen atoms in total. The summed E-state index contributed by atoms with van der Waals surface area (Å²) in [5, 5.41) is 0. The van der Waals surface area contributed by atoms with E-state index < -0.39 is 16.1 Å². The number of hydrogen-bond donors (Lipinski definition) is 1. The van der Waals surface area contributed by atoms with E-state index in [1.807, 2.05) is 13.0 Å². The first-order chi connectivity index (χ1) is 11.3. The van der Waals surface area contributed by atoms with Crippen LogP contribution in [0.5, 0.6) is 11.5 Å². The standard InChI is InChI=1S/C18H23NO4S/c1-12-6-9-18(13(2)10-12)24(20,21)19-14(3)16-11-15(22-4)7-8-17(16)23-5/h6-11,14,19H,1-5H3/t14-/m0/s1. The quantitative estimate of drug-likeness (QED) is 0.868. The summed E-state index contributed by atoms with van der Waals surface area (Å²) in [7, 11) is -0.528. The van der Waals surface area contributed by atoms with Crippen molar-refractivity contribution in [3.8, 4) is 11.5 Å². The molecule has 0 bridgehead atoms. The third-order valence-electron chi connectivity index (χ3n) is 3.86. The summed E-state index contributed by atoms with van der Waals surface area (Å²) in [5.74, 6) is 1.25. The first-order valence-corrected chi connectivity index (χ1v) is 9.08. The van der Waals surface area contributed by atoms with E-state index >= 15 is 0 Å². The molecule has 0 saturated carbocycles. The van der Waals surface area contributed by atoms with Gasteiger partial charge in [0.2, 0.25) is 10.0 Å². The third kappa shape index (κ3) is 3.88. The molecule has 0 aromatic heterocycles. The van der Waals surface area contributed by atoms with Crippen LogP contribution in [0.25, 0.3) is 0 Å². The van der Waals surface area contributed by atoms with Crippen LogP contribution in [-0.2, 0) is 10.0 Å². The van der Waals surface area contributed by atoms with E-state index in [0.717, 1.165) is 5.56 Å². The van der Waals surface area contributed by atoms with Crippen molar-refractivity contribution in [3.63, 3.8) is 0 Å². The van der Waals surface area contributed by atoms with Crippen molar-refractivity contribution in [1.29, 1.82) is 0 Å². The molecule has 0 fully saturated rings. The zero-order valence-corrected chi connectivity index (χ0v) is 15.4. The molecule has 130 valence electrons. The van der Waals surface area contributed by atoms with Crippen molar-refractivity contribution >= 4 is 10.0 Å². The number of benzene rings is 2. The highest BCUT2D eigenvalue weighted by Crippen LogP contribution is 2.30. The van der Waals surface area contributed by atoms with Gasteiger partial charge < -0.3 is 9.47 Å². The lowest BCUT2D eigenvalue weighted by Gasteiger charge is -2.19. The summed E-state index contributed by atoms with van der Waals surface area (Å²) < 4.78 is 38.7. The molecule has 0 aliphatic heterocycles. The van der Waals surface area contributed by atoms with E-state index in [1.54, 1.807) is 58.4 Å². The average Bonchev–Trinajstić information content (AvgIpc) is 2.53. The number of rotatable bonds is 6. The zero-order chi connectivity index (χ0) is 17.9. The van der Waals surface area contributed by atoms with Gasteiger partial charge in [0.1, 0.15) is 11.5 Å². The lowest BCUT2D eigenvalue weighted by atomic mass is 10.1. The van der Waals surface area contributed by atoms with Gasteiger partial charge in [-0.1, -0.05) is 17.7 Å². The highest BCUT2D eigenvalue weighted by molar-refractivity contribution is 7.89. The molecule has 0 unspecified atom stereocenters. The average molecular weight is 349 g/mol. The molecule has 0 spiro atoms. The molecule has 0 aliphatic carbocycles. The van der Waals surface area contributed by atoms with Crippen molar-refractivity contribution in [2.45, 2.75) is 31.7 Å². The van der Waals surface area contributed by atoms with Gasteiger partial charge in [-0.05, 0) is 50.6 Å².